The summed E-state index contributed by atoms with van der Waals surface area (Å²) in [4.78, 5) is 11.8. The standard InChI is InChI=1S/C13H25NO/c1-5-8-12(13(15)7-3)11(6-2)10(4)9-14/h10H,5-9,14H2,1-4H3/b12-11+/t10-/m0/s1. The molecule has 2 heteroatoms. The van der Waals surface area contributed by atoms with Gasteiger partial charge in [0.2, 0.25) is 0 Å². The first-order chi connectivity index (χ1) is 7.12. The summed E-state index contributed by atoms with van der Waals surface area (Å²) in [6.07, 6.45) is 3.48. The molecule has 0 unspecified atom stereocenters. The monoisotopic (exact) mass is 211 g/mol. The molecule has 0 heterocycles. The van der Waals surface area contributed by atoms with Crippen molar-refractivity contribution in [3.63, 3.8) is 0 Å². The summed E-state index contributed by atoms with van der Waals surface area (Å²) in [6, 6.07) is 0. The molecule has 0 fully saturated rings. The Morgan fingerprint density at radius 1 is 1.20 bits per heavy atom. The van der Waals surface area contributed by atoms with Crippen LogP contribution in [0.5, 0.6) is 0 Å². The van der Waals surface area contributed by atoms with Gasteiger partial charge in [-0.1, -0.05) is 39.7 Å². The molecule has 2 N–H and O–H groups in total. The molecular formula is C13H25NO. The average molecular weight is 211 g/mol. The molecule has 0 aliphatic rings. The number of allylic oxidation sites excluding steroid dienone is 1. The van der Waals surface area contributed by atoms with Crippen LogP contribution in [0.1, 0.15) is 53.4 Å². The van der Waals surface area contributed by atoms with Crippen LogP contribution >= 0.6 is 0 Å². The molecular weight excluding hydrogens is 186 g/mol. The smallest absolute Gasteiger partial charge is 0.158 e. The van der Waals surface area contributed by atoms with E-state index in [-0.39, 0.29) is 0 Å². The van der Waals surface area contributed by atoms with Crippen LogP contribution in [-0.4, -0.2) is 12.3 Å². The van der Waals surface area contributed by atoms with Crippen LogP contribution in [0.3, 0.4) is 0 Å². The number of carbonyl (C=O) groups is 1. The van der Waals surface area contributed by atoms with E-state index in [1.807, 2.05) is 6.92 Å². The summed E-state index contributed by atoms with van der Waals surface area (Å²) in [6.45, 7) is 8.90. The molecule has 0 bridgehead atoms. The number of hydrogen-bond acceptors (Lipinski definition) is 2. The number of ketones is 1. The van der Waals surface area contributed by atoms with Gasteiger partial charge in [0.25, 0.3) is 0 Å². The lowest BCUT2D eigenvalue weighted by Crippen LogP contribution is -2.17. The number of nitrogens with two attached hydrogens (primary N) is 1. The van der Waals surface area contributed by atoms with Gasteiger partial charge in [-0.15, -0.1) is 0 Å². The van der Waals surface area contributed by atoms with Crippen molar-refractivity contribution in [1.82, 2.24) is 0 Å². The molecule has 88 valence electrons. The Labute approximate surface area is 93.9 Å². The third-order valence-corrected chi connectivity index (χ3v) is 2.87. The summed E-state index contributed by atoms with van der Waals surface area (Å²) < 4.78 is 0. The minimum Gasteiger partial charge on any atom is -0.330 e. The van der Waals surface area contributed by atoms with Crippen LogP contribution in [0.15, 0.2) is 11.1 Å². The summed E-state index contributed by atoms with van der Waals surface area (Å²) >= 11 is 0. The van der Waals surface area contributed by atoms with Crippen LogP contribution in [0.25, 0.3) is 0 Å². The second kappa shape index (κ2) is 7.63. The molecule has 1 atom stereocenters. The lowest BCUT2D eigenvalue weighted by Gasteiger charge is -2.17. The van der Waals surface area contributed by atoms with E-state index in [9.17, 15) is 4.79 Å². The third-order valence-electron chi connectivity index (χ3n) is 2.87. The highest BCUT2D eigenvalue weighted by atomic mass is 16.1. The van der Waals surface area contributed by atoms with E-state index >= 15 is 0 Å². The molecule has 0 aromatic carbocycles. The number of rotatable bonds is 7. The first kappa shape index (κ1) is 14.4. The summed E-state index contributed by atoms with van der Waals surface area (Å²) in [5.41, 5.74) is 7.99. The zero-order valence-corrected chi connectivity index (χ0v) is 10.6. The highest BCUT2D eigenvalue weighted by molar-refractivity contribution is 5.95. The van der Waals surface area contributed by atoms with Gasteiger partial charge in [-0.3, -0.25) is 4.79 Å². The van der Waals surface area contributed by atoms with Crippen molar-refractivity contribution in [3.05, 3.63) is 11.1 Å². The maximum absolute atomic E-state index is 11.8. The molecule has 0 radical (unpaired) electrons. The molecule has 0 spiro atoms. The predicted octanol–water partition coefficient (Wildman–Crippen LogP) is 3.07. The van der Waals surface area contributed by atoms with Gasteiger partial charge in [-0.05, 0) is 30.9 Å². The second-order valence-corrected chi connectivity index (χ2v) is 4.02. The van der Waals surface area contributed by atoms with E-state index in [0.29, 0.717) is 24.7 Å². The van der Waals surface area contributed by atoms with E-state index in [2.05, 4.69) is 20.8 Å². The molecule has 0 saturated heterocycles. The van der Waals surface area contributed by atoms with Gasteiger partial charge in [0.05, 0.1) is 0 Å². The number of Topliss-reactive ketones (excluding diaryl/α,β-unsaturated/α-hetero) is 1. The number of carbonyl (C=O) groups excluding carboxylic acids is 1. The van der Waals surface area contributed by atoms with Crippen LogP contribution in [0.4, 0.5) is 0 Å². The SMILES string of the molecule is CCC/C(C(=O)CC)=C(/CC)[C@@H](C)CN. The van der Waals surface area contributed by atoms with Crippen molar-refractivity contribution < 1.29 is 4.79 Å². The van der Waals surface area contributed by atoms with Crippen molar-refractivity contribution in [1.29, 1.82) is 0 Å². The minimum absolute atomic E-state index is 0.300. The molecule has 15 heavy (non-hydrogen) atoms. The van der Waals surface area contributed by atoms with Crippen molar-refractivity contribution in [2.75, 3.05) is 6.54 Å². The normalized spacial score (nSPS) is 14.7. The minimum atomic E-state index is 0.300. The zero-order chi connectivity index (χ0) is 11.8. The Balaban J connectivity index is 5.07. The molecule has 0 aliphatic heterocycles. The van der Waals surface area contributed by atoms with E-state index in [0.717, 1.165) is 24.8 Å². The van der Waals surface area contributed by atoms with E-state index < -0.39 is 0 Å². The summed E-state index contributed by atoms with van der Waals surface area (Å²) in [5.74, 6) is 0.640. The largest absolute Gasteiger partial charge is 0.330 e. The fourth-order valence-corrected chi connectivity index (χ4v) is 1.94. The molecule has 0 aromatic rings. The molecule has 0 aromatic heterocycles. The highest BCUT2D eigenvalue weighted by Crippen LogP contribution is 2.23. The second-order valence-electron chi connectivity index (χ2n) is 4.02. The highest BCUT2D eigenvalue weighted by Gasteiger charge is 2.15. The van der Waals surface area contributed by atoms with Crippen molar-refractivity contribution in [2.45, 2.75) is 53.4 Å². The van der Waals surface area contributed by atoms with Crippen LogP contribution in [-0.2, 0) is 4.79 Å². The van der Waals surface area contributed by atoms with Crippen molar-refractivity contribution >= 4 is 5.78 Å². The van der Waals surface area contributed by atoms with Gasteiger partial charge in [0, 0.05) is 6.42 Å². The van der Waals surface area contributed by atoms with E-state index in [1.165, 1.54) is 5.57 Å². The first-order valence-electron chi connectivity index (χ1n) is 6.07. The Hall–Kier alpha value is -0.630. The van der Waals surface area contributed by atoms with Crippen LogP contribution < -0.4 is 5.73 Å². The first-order valence-corrected chi connectivity index (χ1v) is 6.07. The number of hydrogen-bond donors (Lipinski definition) is 1. The van der Waals surface area contributed by atoms with Gasteiger partial charge in [-0.25, -0.2) is 0 Å². The Bertz CT molecular complexity index is 231. The van der Waals surface area contributed by atoms with Gasteiger partial charge in [0.15, 0.2) is 5.78 Å². The van der Waals surface area contributed by atoms with Gasteiger partial charge in [0.1, 0.15) is 0 Å². The third kappa shape index (κ3) is 4.17. The Morgan fingerprint density at radius 3 is 2.13 bits per heavy atom. The fourth-order valence-electron chi connectivity index (χ4n) is 1.94. The van der Waals surface area contributed by atoms with E-state index in [1.54, 1.807) is 0 Å². The predicted molar refractivity (Wildman–Crippen MR) is 65.7 cm³/mol. The van der Waals surface area contributed by atoms with Gasteiger partial charge < -0.3 is 5.73 Å². The molecule has 0 saturated carbocycles. The summed E-state index contributed by atoms with van der Waals surface area (Å²) in [5, 5.41) is 0. The maximum atomic E-state index is 11.8. The lowest BCUT2D eigenvalue weighted by molar-refractivity contribution is -0.115. The molecule has 0 rings (SSSR count). The van der Waals surface area contributed by atoms with E-state index in [4.69, 9.17) is 5.73 Å². The van der Waals surface area contributed by atoms with Crippen LogP contribution in [0.2, 0.25) is 0 Å². The maximum Gasteiger partial charge on any atom is 0.158 e. The topological polar surface area (TPSA) is 43.1 Å². The fraction of sp³-hybridized carbons (Fsp3) is 0.769. The van der Waals surface area contributed by atoms with Crippen molar-refractivity contribution in [3.8, 4) is 0 Å². The summed E-state index contributed by atoms with van der Waals surface area (Å²) in [7, 11) is 0. The molecule has 0 amide bonds. The quantitative estimate of drug-likeness (QED) is 0.658. The lowest BCUT2D eigenvalue weighted by atomic mass is 9.88. The zero-order valence-electron chi connectivity index (χ0n) is 10.6. The Kier molecular flexibility index (Phi) is 7.31. The Morgan fingerprint density at radius 2 is 1.80 bits per heavy atom. The van der Waals surface area contributed by atoms with Gasteiger partial charge >= 0.3 is 0 Å². The molecule has 2 nitrogen and oxygen atoms in total. The average Bonchev–Trinajstić information content (AvgIpc) is 2.27. The molecule has 0 aliphatic carbocycles. The van der Waals surface area contributed by atoms with Crippen molar-refractivity contribution in [2.24, 2.45) is 11.7 Å². The van der Waals surface area contributed by atoms with Gasteiger partial charge in [-0.2, -0.15) is 0 Å². The van der Waals surface area contributed by atoms with Crippen LogP contribution in [0, 0.1) is 5.92 Å².